The maximum absolute atomic E-state index is 4.35. The second-order valence-corrected chi connectivity index (χ2v) is 5.50. The topological polar surface area (TPSA) is 37.8 Å². The molecular formula is C17H21N3. The number of fused-ring (bicyclic) bond motifs is 1. The van der Waals surface area contributed by atoms with E-state index in [2.05, 4.69) is 52.5 Å². The Hall–Kier alpha value is -1.90. The fourth-order valence-electron chi connectivity index (χ4n) is 2.90. The largest absolute Gasteiger partial charge is 0.367 e. The van der Waals surface area contributed by atoms with Crippen molar-refractivity contribution in [3.05, 3.63) is 53.5 Å². The molecule has 3 rings (SSSR count). The van der Waals surface area contributed by atoms with Gasteiger partial charge in [-0.1, -0.05) is 37.6 Å². The molecular weight excluding hydrogens is 246 g/mol. The van der Waals surface area contributed by atoms with Crippen molar-refractivity contribution in [1.82, 2.24) is 9.97 Å². The Labute approximate surface area is 120 Å². The predicted octanol–water partition coefficient (Wildman–Crippen LogP) is 3.40. The van der Waals surface area contributed by atoms with Crippen LogP contribution in [0.2, 0.25) is 0 Å². The van der Waals surface area contributed by atoms with Crippen LogP contribution in [0.5, 0.6) is 0 Å². The number of rotatable bonds is 4. The van der Waals surface area contributed by atoms with Crippen LogP contribution in [0.1, 0.15) is 36.6 Å². The van der Waals surface area contributed by atoms with Gasteiger partial charge >= 0.3 is 0 Å². The number of aryl methyl sites for hydroxylation is 2. The second kappa shape index (κ2) is 6.04. The van der Waals surface area contributed by atoms with Crippen molar-refractivity contribution in [3.63, 3.8) is 0 Å². The molecule has 1 N–H and O–H groups in total. The van der Waals surface area contributed by atoms with Gasteiger partial charge in [0.2, 0.25) is 0 Å². The van der Waals surface area contributed by atoms with Crippen molar-refractivity contribution in [2.75, 3.05) is 5.32 Å². The predicted molar refractivity (Wildman–Crippen MR) is 81.9 cm³/mol. The molecule has 1 aliphatic carbocycles. The molecule has 1 atom stereocenters. The maximum atomic E-state index is 4.35. The van der Waals surface area contributed by atoms with E-state index in [1.807, 2.05) is 0 Å². The number of hydrogen-bond acceptors (Lipinski definition) is 3. The van der Waals surface area contributed by atoms with E-state index < -0.39 is 0 Å². The molecule has 0 amide bonds. The van der Waals surface area contributed by atoms with Crippen molar-refractivity contribution in [1.29, 1.82) is 0 Å². The Bertz CT molecular complexity index is 580. The van der Waals surface area contributed by atoms with Crippen LogP contribution in [-0.4, -0.2) is 16.0 Å². The van der Waals surface area contributed by atoms with E-state index in [9.17, 15) is 0 Å². The molecule has 1 unspecified atom stereocenters. The summed E-state index contributed by atoms with van der Waals surface area (Å²) >= 11 is 0. The number of benzene rings is 1. The van der Waals surface area contributed by atoms with Crippen LogP contribution in [-0.2, 0) is 19.3 Å². The highest BCUT2D eigenvalue weighted by Gasteiger charge is 2.18. The number of nitrogens with zero attached hydrogens (tertiary/aromatic N) is 2. The molecule has 3 heteroatoms. The highest BCUT2D eigenvalue weighted by Crippen LogP contribution is 2.23. The molecule has 0 saturated carbocycles. The Kier molecular flexibility index (Phi) is 3.95. The van der Waals surface area contributed by atoms with E-state index in [0.717, 1.165) is 37.2 Å². The molecule has 0 aliphatic heterocycles. The zero-order valence-corrected chi connectivity index (χ0v) is 12.0. The lowest BCUT2D eigenvalue weighted by Gasteiger charge is -2.25. The molecule has 1 aliphatic rings. The number of nitrogens with one attached hydrogen (secondary N) is 1. The van der Waals surface area contributed by atoms with E-state index in [1.54, 1.807) is 6.33 Å². The van der Waals surface area contributed by atoms with Gasteiger partial charge in [-0.2, -0.15) is 0 Å². The van der Waals surface area contributed by atoms with Gasteiger partial charge < -0.3 is 5.32 Å². The van der Waals surface area contributed by atoms with Gasteiger partial charge in [-0.05, 0) is 36.8 Å². The van der Waals surface area contributed by atoms with Crippen molar-refractivity contribution >= 4 is 5.82 Å². The molecule has 20 heavy (non-hydrogen) atoms. The first-order valence-corrected chi connectivity index (χ1v) is 7.49. The van der Waals surface area contributed by atoms with E-state index in [-0.39, 0.29) is 0 Å². The minimum Gasteiger partial charge on any atom is -0.367 e. The first kappa shape index (κ1) is 13.1. The van der Waals surface area contributed by atoms with Gasteiger partial charge in [0.05, 0.1) is 0 Å². The molecule has 2 aromatic rings. The third kappa shape index (κ3) is 2.98. The van der Waals surface area contributed by atoms with E-state index in [0.29, 0.717) is 6.04 Å². The average molecular weight is 267 g/mol. The molecule has 0 saturated heterocycles. The summed E-state index contributed by atoms with van der Waals surface area (Å²) in [5.41, 5.74) is 4.10. The SMILES string of the molecule is CCCc1cc(NC2CCc3ccccc3C2)ncn1. The van der Waals surface area contributed by atoms with Crippen LogP contribution in [0.15, 0.2) is 36.7 Å². The summed E-state index contributed by atoms with van der Waals surface area (Å²) in [5.74, 6) is 0.966. The third-order valence-electron chi connectivity index (χ3n) is 3.93. The lowest BCUT2D eigenvalue weighted by molar-refractivity contribution is 0.608. The summed E-state index contributed by atoms with van der Waals surface area (Å²) in [6.45, 7) is 2.17. The number of hydrogen-bond donors (Lipinski definition) is 1. The van der Waals surface area contributed by atoms with Crippen molar-refractivity contribution in [2.24, 2.45) is 0 Å². The molecule has 1 aromatic carbocycles. The fraction of sp³-hybridized carbons (Fsp3) is 0.412. The van der Waals surface area contributed by atoms with Gasteiger partial charge in [0.1, 0.15) is 12.1 Å². The Morgan fingerprint density at radius 3 is 2.90 bits per heavy atom. The summed E-state index contributed by atoms with van der Waals surface area (Å²) in [4.78, 5) is 8.66. The van der Waals surface area contributed by atoms with Gasteiger partial charge in [0.25, 0.3) is 0 Å². The Morgan fingerprint density at radius 2 is 2.05 bits per heavy atom. The number of aromatic nitrogens is 2. The highest BCUT2D eigenvalue weighted by atomic mass is 15.0. The first-order chi connectivity index (χ1) is 9.85. The van der Waals surface area contributed by atoms with Gasteiger partial charge in [-0.3, -0.25) is 0 Å². The van der Waals surface area contributed by atoms with E-state index >= 15 is 0 Å². The lowest BCUT2D eigenvalue weighted by Crippen LogP contribution is -2.27. The summed E-state index contributed by atoms with van der Waals surface area (Å²) < 4.78 is 0. The molecule has 0 fully saturated rings. The minimum atomic E-state index is 0.481. The monoisotopic (exact) mass is 267 g/mol. The van der Waals surface area contributed by atoms with Crippen LogP contribution in [0, 0.1) is 0 Å². The highest BCUT2D eigenvalue weighted by molar-refractivity contribution is 5.39. The maximum Gasteiger partial charge on any atom is 0.129 e. The van der Waals surface area contributed by atoms with Crippen LogP contribution < -0.4 is 5.32 Å². The number of anilines is 1. The molecule has 0 spiro atoms. The van der Waals surface area contributed by atoms with Crippen LogP contribution >= 0.6 is 0 Å². The zero-order chi connectivity index (χ0) is 13.8. The van der Waals surface area contributed by atoms with Crippen molar-refractivity contribution in [3.8, 4) is 0 Å². The molecule has 3 nitrogen and oxygen atoms in total. The molecule has 0 radical (unpaired) electrons. The van der Waals surface area contributed by atoms with Gasteiger partial charge in [-0.25, -0.2) is 9.97 Å². The molecule has 1 heterocycles. The van der Waals surface area contributed by atoms with Crippen molar-refractivity contribution < 1.29 is 0 Å². The Balaban J connectivity index is 1.69. The Morgan fingerprint density at radius 1 is 1.20 bits per heavy atom. The second-order valence-electron chi connectivity index (χ2n) is 5.50. The van der Waals surface area contributed by atoms with Gasteiger partial charge in [0.15, 0.2) is 0 Å². The minimum absolute atomic E-state index is 0.481. The van der Waals surface area contributed by atoms with E-state index in [4.69, 9.17) is 0 Å². The standard InChI is InChI=1S/C17H21N3/c1-2-5-15-11-17(19-12-18-15)20-16-9-8-13-6-3-4-7-14(13)10-16/h3-4,6-7,11-12,16H,2,5,8-10H2,1H3,(H,18,19,20). The molecule has 0 bridgehead atoms. The molecule has 1 aromatic heterocycles. The van der Waals surface area contributed by atoms with E-state index in [1.165, 1.54) is 17.5 Å². The smallest absolute Gasteiger partial charge is 0.129 e. The van der Waals surface area contributed by atoms with Gasteiger partial charge in [0, 0.05) is 17.8 Å². The normalized spacial score (nSPS) is 17.6. The fourth-order valence-corrected chi connectivity index (χ4v) is 2.90. The average Bonchev–Trinajstić information content (AvgIpc) is 2.48. The summed E-state index contributed by atoms with van der Waals surface area (Å²) in [6, 6.07) is 11.3. The lowest BCUT2D eigenvalue weighted by atomic mass is 9.88. The van der Waals surface area contributed by atoms with Crippen molar-refractivity contribution in [2.45, 2.75) is 45.1 Å². The summed E-state index contributed by atoms with van der Waals surface area (Å²) in [5, 5.41) is 3.57. The zero-order valence-electron chi connectivity index (χ0n) is 12.0. The molecule has 104 valence electrons. The summed E-state index contributed by atoms with van der Waals surface area (Å²) in [7, 11) is 0. The van der Waals surface area contributed by atoms with Crippen LogP contribution in [0.4, 0.5) is 5.82 Å². The van der Waals surface area contributed by atoms with Gasteiger partial charge in [-0.15, -0.1) is 0 Å². The first-order valence-electron chi connectivity index (χ1n) is 7.49. The third-order valence-corrected chi connectivity index (χ3v) is 3.93. The van der Waals surface area contributed by atoms with Crippen LogP contribution in [0.25, 0.3) is 0 Å². The quantitative estimate of drug-likeness (QED) is 0.922. The van der Waals surface area contributed by atoms with Crippen LogP contribution in [0.3, 0.4) is 0 Å². The summed E-state index contributed by atoms with van der Waals surface area (Å²) in [6.07, 6.45) is 7.22.